The molecular formula is C27H15F11NO2P. The molecule has 0 aliphatic carbocycles. The number of hydrogen-bond donors (Lipinski definition) is 1. The molecule has 4 aromatic rings. The van der Waals surface area contributed by atoms with E-state index in [1.165, 1.54) is 31.4 Å². The van der Waals surface area contributed by atoms with Crippen molar-refractivity contribution >= 4 is 23.6 Å². The van der Waals surface area contributed by atoms with Crippen LogP contribution in [0.4, 0.5) is 54.0 Å². The molecule has 0 saturated carbocycles. The Kier molecular flexibility index (Phi) is 8.07. The molecule has 1 atom stereocenters. The average molecular weight is 625 g/mol. The van der Waals surface area contributed by atoms with Crippen LogP contribution in [0, 0.1) is 29.1 Å². The van der Waals surface area contributed by atoms with Gasteiger partial charge in [-0.15, -0.1) is 0 Å². The van der Waals surface area contributed by atoms with Gasteiger partial charge in [-0.1, -0.05) is 24.3 Å². The second-order valence-electron chi connectivity index (χ2n) is 8.67. The fourth-order valence-electron chi connectivity index (χ4n) is 3.99. The van der Waals surface area contributed by atoms with Crippen LogP contribution >= 0.6 is 7.29 Å². The van der Waals surface area contributed by atoms with Crippen molar-refractivity contribution < 1.29 is 57.6 Å². The maximum absolute atomic E-state index is 14.7. The number of nitrogens with one attached hydrogen (secondary N) is 1. The van der Waals surface area contributed by atoms with Crippen molar-refractivity contribution in [1.29, 1.82) is 0 Å². The zero-order valence-electron chi connectivity index (χ0n) is 20.8. The number of halogens is 11. The van der Waals surface area contributed by atoms with Gasteiger partial charge in [0.15, 0.2) is 23.3 Å². The van der Waals surface area contributed by atoms with E-state index in [1.807, 2.05) is 0 Å². The zero-order valence-corrected chi connectivity index (χ0v) is 21.7. The molecule has 1 N–H and O–H groups in total. The van der Waals surface area contributed by atoms with E-state index < -0.39 is 76.2 Å². The van der Waals surface area contributed by atoms with Gasteiger partial charge in [0.25, 0.3) is 0 Å². The van der Waals surface area contributed by atoms with Gasteiger partial charge in [-0.05, 0) is 53.6 Å². The van der Waals surface area contributed by atoms with Crippen molar-refractivity contribution in [2.45, 2.75) is 12.4 Å². The van der Waals surface area contributed by atoms with E-state index in [-0.39, 0.29) is 29.0 Å². The molecule has 4 rings (SSSR count). The van der Waals surface area contributed by atoms with Crippen molar-refractivity contribution in [3.63, 3.8) is 0 Å². The van der Waals surface area contributed by atoms with E-state index >= 15 is 0 Å². The molecule has 0 aliphatic heterocycles. The van der Waals surface area contributed by atoms with Crippen LogP contribution in [-0.2, 0) is 16.9 Å². The fourth-order valence-corrected chi connectivity index (χ4v) is 6.51. The lowest BCUT2D eigenvalue weighted by Gasteiger charge is -2.26. The number of benzene rings is 4. The van der Waals surface area contributed by atoms with Gasteiger partial charge in [0.2, 0.25) is 13.1 Å². The molecule has 4 aromatic carbocycles. The molecule has 0 radical (unpaired) electrons. The Morgan fingerprint density at radius 1 is 0.667 bits per heavy atom. The van der Waals surface area contributed by atoms with E-state index in [9.17, 15) is 52.9 Å². The minimum atomic E-state index is -5.39. The maximum Gasteiger partial charge on any atom is 0.416 e. The number of alkyl halides is 6. The molecule has 0 saturated heterocycles. The maximum atomic E-state index is 14.7. The minimum Gasteiger partial charge on any atom is -0.497 e. The third-order valence-corrected chi connectivity index (χ3v) is 8.67. The lowest BCUT2D eigenvalue weighted by Crippen LogP contribution is -2.27. The van der Waals surface area contributed by atoms with Crippen molar-refractivity contribution in [3.8, 4) is 16.9 Å². The Balaban J connectivity index is 2.12. The smallest absolute Gasteiger partial charge is 0.416 e. The first-order chi connectivity index (χ1) is 19.5. The van der Waals surface area contributed by atoms with Crippen LogP contribution in [-0.4, -0.2) is 7.11 Å². The van der Waals surface area contributed by atoms with Gasteiger partial charge in [-0.2, -0.15) is 26.3 Å². The molecule has 3 nitrogen and oxygen atoms in total. The molecule has 0 amide bonds. The highest BCUT2D eigenvalue weighted by atomic mass is 31.2. The Morgan fingerprint density at radius 3 is 1.71 bits per heavy atom. The van der Waals surface area contributed by atoms with Crippen molar-refractivity contribution in [2.24, 2.45) is 0 Å². The Hall–Kier alpha value is -4.06. The van der Waals surface area contributed by atoms with Crippen LogP contribution in [0.3, 0.4) is 0 Å². The van der Waals surface area contributed by atoms with E-state index in [4.69, 9.17) is 4.74 Å². The molecule has 0 aliphatic rings. The van der Waals surface area contributed by atoms with Crippen LogP contribution in [0.25, 0.3) is 11.1 Å². The van der Waals surface area contributed by atoms with Gasteiger partial charge in [0.05, 0.1) is 18.2 Å². The number of anilines is 1. The lowest BCUT2D eigenvalue weighted by molar-refractivity contribution is -0.138. The normalized spacial score (nSPS) is 13.5. The summed E-state index contributed by atoms with van der Waals surface area (Å²) in [4.78, 5) is 0. The van der Waals surface area contributed by atoms with Gasteiger partial charge in [0.1, 0.15) is 11.4 Å². The average Bonchev–Trinajstić information content (AvgIpc) is 2.96. The van der Waals surface area contributed by atoms with Crippen molar-refractivity contribution in [1.82, 2.24) is 0 Å². The predicted octanol–water partition coefficient (Wildman–Crippen LogP) is 8.44. The van der Waals surface area contributed by atoms with Crippen LogP contribution < -0.4 is 20.4 Å². The second kappa shape index (κ2) is 11.0. The molecule has 0 bridgehead atoms. The monoisotopic (exact) mass is 625 g/mol. The number of methoxy groups -OCH3 is 1. The van der Waals surface area contributed by atoms with Gasteiger partial charge < -0.3 is 9.82 Å². The molecule has 222 valence electrons. The topological polar surface area (TPSA) is 38.3 Å². The van der Waals surface area contributed by atoms with E-state index in [1.54, 1.807) is 5.09 Å². The quantitative estimate of drug-likeness (QED) is 0.101. The first-order valence-electron chi connectivity index (χ1n) is 11.4. The zero-order chi connectivity index (χ0) is 31.2. The highest BCUT2D eigenvalue weighted by Crippen LogP contribution is 2.49. The predicted molar refractivity (Wildman–Crippen MR) is 132 cm³/mol. The highest BCUT2D eigenvalue weighted by Gasteiger charge is 2.40. The number of rotatable bonds is 6. The molecule has 1 unspecified atom stereocenters. The highest BCUT2D eigenvalue weighted by molar-refractivity contribution is 7.80. The summed E-state index contributed by atoms with van der Waals surface area (Å²) in [6.07, 6.45) is -10.2. The summed E-state index contributed by atoms with van der Waals surface area (Å²) in [5, 5.41) is -0.265. The number of hydrogen-bond acceptors (Lipinski definition) is 2. The Labute approximate surface area is 230 Å². The first-order valence-corrected chi connectivity index (χ1v) is 13.1. The largest absolute Gasteiger partial charge is 0.497 e. The minimum absolute atomic E-state index is 0.0194. The van der Waals surface area contributed by atoms with Crippen molar-refractivity contribution in [3.05, 3.63) is 107 Å². The standard InChI is InChI=1S/C27H15F11NO2P/c1-41-16-8-5-13(6-9-16)18-10-7-15(27(36,37)38)12-19(18)42(40,17-4-2-3-14(11-17)26(33,34)35)39-25-23(31)21(29)20(28)22(30)24(25)32/h2-12H,1H3,(H,39,40). The number of ether oxygens (including phenoxy) is 1. The van der Waals surface area contributed by atoms with E-state index in [0.717, 1.165) is 12.1 Å². The second-order valence-corrected chi connectivity index (χ2v) is 11.1. The molecule has 0 heterocycles. The summed E-state index contributed by atoms with van der Waals surface area (Å²) in [5.41, 5.74) is -5.17. The summed E-state index contributed by atoms with van der Waals surface area (Å²) in [5.74, 6) is -12.4. The third kappa shape index (κ3) is 5.67. The molecule has 0 aromatic heterocycles. The van der Waals surface area contributed by atoms with E-state index in [0.29, 0.717) is 18.2 Å². The Bertz CT molecular complexity index is 1670. The molecular weight excluding hydrogens is 610 g/mol. The molecule has 42 heavy (non-hydrogen) atoms. The SMILES string of the molecule is COc1ccc(-c2ccc(C(F)(F)F)cc2P(=O)(Nc2c(F)c(F)c(F)c(F)c2F)c2cccc(C(F)(F)F)c2)cc1. The van der Waals surface area contributed by atoms with Gasteiger partial charge >= 0.3 is 12.4 Å². The van der Waals surface area contributed by atoms with Crippen LogP contribution in [0.2, 0.25) is 0 Å². The van der Waals surface area contributed by atoms with Crippen LogP contribution in [0.15, 0.2) is 66.7 Å². The van der Waals surface area contributed by atoms with Gasteiger partial charge in [0, 0.05) is 10.6 Å². The Morgan fingerprint density at radius 2 is 1.19 bits per heavy atom. The summed E-state index contributed by atoms with van der Waals surface area (Å²) in [6, 6.07) is 9.06. The summed E-state index contributed by atoms with van der Waals surface area (Å²) < 4.78 is 173. The molecule has 0 fully saturated rings. The molecule has 15 heteroatoms. The van der Waals surface area contributed by atoms with Crippen LogP contribution in [0.5, 0.6) is 5.75 Å². The van der Waals surface area contributed by atoms with Gasteiger partial charge in [-0.25, -0.2) is 22.0 Å². The first kappa shape index (κ1) is 30.9. The summed E-state index contributed by atoms with van der Waals surface area (Å²) >= 11 is 0. The summed E-state index contributed by atoms with van der Waals surface area (Å²) in [7, 11) is -4.09. The fraction of sp³-hybridized carbons (Fsp3) is 0.111. The molecule has 0 spiro atoms. The van der Waals surface area contributed by atoms with Crippen molar-refractivity contribution in [2.75, 3.05) is 12.2 Å². The van der Waals surface area contributed by atoms with E-state index in [2.05, 4.69) is 0 Å². The third-order valence-electron chi connectivity index (χ3n) is 6.08. The lowest BCUT2D eigenvalue weighted by atomic mass is 10.0. The van der Waals surface area contributed by atoms with Gasteiger partial charge in [-0.3, -0.25) is 4.57 Å². The van der Waals surface area contributed by atoms with Crippen LogP contribution in [0.1, 0.15) is 11.1 Å². The summed E-state index contributed by atoms with van der Waals surface area (Å²) in [6.45, 7) is 0.